The van der Waals surface area contributed by atoms with Crippen LogP contribution in [0.2, 0.25) is 0 Å². The summed E-state index contributed by atoms with van der Waals surface area (Å²) in [5.41, 5.74) is 0.205. The predicted molar refractivity (Wildman–Crippen MR) is 103 cm³/mol. The maximum absolute atomic E-state index is 12.6. The minimum absolute atomic E-state index is 0.0559. The highest BCUT2D eigenvalue weighted by Gasteiger charge is 2.23. The molecule has 2 N–H and O–H groups in total. The normalized spacial score (nSPS) is 11.3. The minimum atomic E-state index is -4.37. The molecule has 2 rings (SSSR count). The third-order valence-corrected chi connectivity index (χ3v) is 4.73. The van der Waals surface area contributed by atoms with Crippen LogP contribution in [-0.2, 0) is 19.5 Å². The van der Waals surface area contributed by atoms with E-state index in [0.29, 0.717) is 6.61 Å². The molecule has 0 unspecified atom stereocenters. The molecule has 0 aliphatic carbocycles. The molecule has 1 aromatic heterocycles. The zero-order valence-corrected chi connectivity index (χ0v) is 17.3. The molecule has 0 radical (unpaired) electrons. The lowest BCUT2D eigenvalue weighted by atomic mass is 10.3. The van der Waals surface area contributed by atoms with Gasteiger partial charge < -0.3 is 18.9 Å². The lowest BCUT2D eigenvalue weighted by molar-refractivity contribution is -0.0528. The highest BCUT2D eigenvalue weighted by molar-refractivity contribution is 7.90. The van der Waals surface area contributed by atoms with Gasteiger partial charge in [0.2, 0.25) is 11.8 Å². The molecular weight excluding hydrogens is 442 g/mol. The van der Waals surface area contributed by atoms with Crippen molar-refractivity contribution in [2.45, 2.75) is 18.4 Å². The van der Waals surface area contributed by atoms with Crippen LogP contribution in [0, 0.1) is 6.92 Å². The van der Waals surface area contributed by atoms with Gasteiger partial charge in [0.15, 0.2) is 6.79 Å². The molecule has 1 heterocycles. The lowest BCUT2D eigenvalue weighted by Crippen LogP contribution is -2.35. The van der Waals surface area contributed by atoms with Crippen molar-refractivity contribution in [1.29, 1.82) is 0 Å². The maximum atomic E-state index is 12.6. The second-order valence-electron chi connectivity index (χ2n) is 5.72. The van der Waals surface area contributed by atoms with Crippen molar-refractivity contribution in [2.24, 2.45) is 0 Å². The van der Waals surface area contributed by atoms with E-state index in [9.17, 15) is 22.0 Å². The predicted octanol–water partition coefficient (Wildman–Crippen LogP) is 1.90. The van der Waals surface area contributed by atoms with Crippen molar-refractivity contribution in [2.75, 3.05) is 32.4 Å². The molecule has 14 heteroatoms. The van der Waals surface area contributed by atoms with Crippen LogP contribution in [0.5, 0.6) is 11.6 Å². The number of amides is 2. The Morgan fingerprint density at radius 3 is 2.65 bits per heavy atom. The van der Waals surface area contributed by atoms with E-state index >= 15 is 0 Å². The van der Waals surface area contributed by atoms with Gasteiger partial charge in [-0.3, -0.25) is 5.32 Å². The molecule has 0 aliphatic rings. The maximum Gasteiger partial charge on any atom is 0.388 e. The number of carbonyl (C=O) groups is 1. The molecule has 0 fully saturated rings. The zero-order valence-electron chi connectivity index (χ0n) is 16.5. The Morgan fingerprint density at radius 1 is 1.19 bits per heavy atom. The average molecular weight is 462 g/mol. The topological polar surface area (TPSA) is 138 Å². The van der Waals surface area contributed by atoms with Gasteiger partial charge in [-0.05, 0) is 19.1 Å². The van der Waals surface area contributed by atoms with E-state index in [1.165, 1.54) is 38.3 Å². The standard InChI is InChI=1S/C17H20F2N4O7S/c1-11-9-14(30-15(18)19)21-16(20-11)22-17(24)23-31(25,26)13-6-4-3-5-12(13)29-10-28-8-7-27-2/h3-6,9,15H,7-8,10H2,1-2H3,(H2,20,21,22,23,24). The van der Waals surface area contributed by atoms with Crippen LogP contribution >= 0.6 is 0 Å². The Hall–Kier alpha value is -3.10. The van der Waals surface area contributed by atoms with Gasteiger partial charge in [-0.25, -0.2) is 22.9 Å². The van der Waals surface area contributed by atoms with Crippen molar-refractivity contribution in [1.82, 2.24) is 14.7 Å². The number of rotatable bonds is 11. The second kappa shape index (κ2) is 11.3. The molecule has 0 saturated heterocycles. The monoisotopic (exact) mass is 462 g/mol. The van der Waals surface area contributed by atoms with Crippen LogP contribution in [0.3, 0.4) is 0 Å². The number of alkyl halides is 2. The smallest absolute Gasteiger partial charge is 0.388 e. The van der Waals surface area contributed by atoms with Gasteiger partial charge in [0.1, 0.15) is 10.6 Å². The average Bonchev–Trinajstić information content (AvgIpc) is 2.66. The number of sulfonamides is 1. The van der Waals surface area contributed by atoms with E-state index < -0.39 is 34.5 Å². The summed E-state index contributed by atoms with van der Waals surface area (Å²) in [6, 6.07) is 5.47. The van der Waals surface area contributed by atoms with Crippen molar-refractivity contribution in [3.8, 4) is 11.6 Å². The molecule has 11 nitrogen and oxygen atoms in total. The number of methoxy groups -OCH3 is 1. The number of nitrogens with zero attached hydrogens (tertiary/aromatic N) is 2. The molecule has 0 aliphatic heterocycles. The number of carbonyl (C=O) groups excluding carboxylic acids is 1. The number of para-hydroxylation sites is 1. The lowest BCUT2D eigenvalue weighted by Gasteiger charge is -2.13. The minimum Gasteiger partial charge on any atom is -0.466 e. The van der Waals surface area contributed by atoms with Crippen molar-refractivity contribution in [3.05, 3.63) is 36.0 Å². The van der Waals surface area contributed by atoms with Crippen LogP contribution in [0.4, 0.5) is 19.5 Å². The summed E-state index contributed by atoms with van der Waals surface area (Å²) < 4.78 is 71.1. The van der Waals surface area contributed by atoms with Crippen molar-refractivity contribution < 1.29 is 40.9 Å². The molecule has 0 bridgehead atoms. The number of hydrogen-bond acceptors (Lipinski definition) is 9. The number of aryl methyl sites for hydroxylation is 1. The largest absolute Gasteiger partial charge is 0.466 e. The Morgan fingerprint density at radius 2 is 1.94 bits per heavy atom. The molecule has 0 saturated carbocycles. The van der Waals surface area contributed by atoms with E-state index in [0.717, 1.165) is 6.07 Å². The Bertz CT molecular complexity index is 992. The highest BCUT2D eigenvalue weighted by Crippen LogP contribution is 2.23. The second-order valence-corrected chi connectivity index (χ2v) is 7.37. The zero-order chi connectivity index (χ0) is 22.9. The number of urea groups is 1. The van der Waals surface area contributed by atoms with Gasteiger partial charge in [-0.2, -0.15) is 13.8 Å². The van der Waals surface area contributed by atoms with E-state index in [1.54, 1.807) is 4.72 Å². The molecule has 2 amide bonds. The van der Waals surface area contributed by atoms with Crippen LogP contribution in [0.25, 0.3) is 0 Å². The first-order valence-corrected chi connectivity index (χ1v) is 10.1. The molecular formula is C17H20F2N4O7S. The number of nitrogens with one attached hydrogen (secondary N) is 2. The van der Waals surface area contributed by atoms with E-state index in [2.05, 4.69) is 20.0 Å². The van der Waals surface area contributed by atoms with Crippen LogP contribution in [0.1, 0.15) is 5.69 Å². The third-order valence-electron chi connectivity index (χ3n) is 3.36. The SMILES string of the molecule is COCCOCOc1ccccc1S(=O)(=O)NC(=O)Nc1nc(C)cc(OC(F)F)n1. The quantitative estimate of drug-likeness (QED) is 0.379. The molecule has 0 spiro atoms. The first-order chi connectivity index (χ1) is 14.7. The summed E-state index contributed by atoms with van der Waals surface area (Å²) in [6.07, 6.45) is 0. The summed E-state index contributed by atoms with van der Waals surface area (Å²) >= 11 is 0. The fraction of sp³-hybridized carbons (Fsp3) is 0.353. The first-order valence-electron chi connectivity index (χ1n) is 8.64. The Labute approximate surface area is 176 Å². The van der Waals surface area contributed by atoms with Gasteiger partial charge in [-0.1, -0.05) is 12.1 Å². The number of hydrogen-bond donors (Lipinski definition) is 2. The fourth-order valence-electron chi connectivity index (χ4n) is 2.15. The molecule has 1 aromatic carbocycles. The molecule has 170 valence electrons. The number of halogens is 2. The van der Waals surface area contributed by atoms with Crippen molar-refractivity contribution in [3.63, 3.8) is 0 Å². The van der Waals surface area contributed by atoms with Crippen LogP contribution < -0.4 is 19.5 Å². The van der Waals surface area contributed by atoms with Gasteiger partial charge in [-0.15, -0.1) is 0 Å². The van der Waals surface area contributed by atoms with Gasteiger partial charge in [0.25, 0.3) is 10.0 Å². The Balaban J connectivity index is 2.07. The van der Waals surface area contributed by atoms with Gasteiger partial charge in [0.05, 0.1) is 13.2 Å². The first kappa shape index (κ1) is 24.2. The highest BCUT2D eigenvalue weighted by atomic mass is 32.2. The summed E-state index contributed by atoms with van der Waals surface area (Å²) in [5, 5.41) is 2.05. The summed E-state index contributed by atoms with van der Waals surface area (Å²) in [4.78, 5) is 19.2. The molecule has 31 heavy (non-hydrogen) atoms. The van der Waals surface area contributed by atoms with Gasteiger partial charge in [0, 0.05) is 18.9 Å². The number of aromatic nitrogens is 2. The number of anilines is 1. The molecule has 2 aromatic rings. The third kappa shape index (κ3) is 7.92. The van der Waals surface area contributed by atoms with Crippen LogP contribution in [-0.4, -0.2) is 58.1 Å². The van der Waals surface area contributed by atoms with E-state index in [1.807, 2.05) is 0 Å². The van der Waals surface area contributed by atoms with E-state index in [-0.39, 0.29) is 29.7 Å². The number of benzene rings is 1. The van der Waals surface area contributed by atoms with Crippen molar-refractivity contribution >= 4 is 22.0 Å². The molecule has 0 atom stereocenters. The summed E-state index contributed by atoms with van der Waals surface area (Å²) in [6.45, 7) is -1.36. The summed E-state index contributed by atoms with van der Waals surface area (Å²) in [5.74, 6) is -0.980. The van der Waals surface area contributed by atoms with Crippen LogP contribution in [0.15, 0.2) is 35.2 Å². The Kier molecular flexibility index (Phi) is 8.84. The summed E-state index contributed by atoms with van der Waals surface area (Å²) in [7, 11) is -2.87. The fourth-order valence-corrected chi connectivity index (χ4v) is 3.20. The number of ether oxygens (including phenoxy) is 4. The van der Waals surface area contributed by atoms with Gasteiger partial charge >= 0.3 is 12.6 Å². The van der Waals surface area contributed by atoms with E-state index in [4.69, 9.17) is 14.2 Å².